The summed E-state index contributed by atoms with van der Waals surface area (Å²) in [7, 11) is 0. The van der Waals surface area contributed by atoms with Crippen molar-refractivity contribution in [3.63, 3.8) is 0 Å². The van der Waals surface area contributed by atoms with E-state index in [4.69, 9.17) is 5.84 Å². The number of nitro groups is 1. The van der Waals surface area contributed by atoms with Crippen LogP contribution in [0.5, 0.6) is 0 Å². The molecule has 0 amide bonds. The molecule has 0 saturated carbocycles. The van der Waals surface area contributed by atoms with E-state index < -0.39 is 4.92 Å². The Bertz CT molecular complexity index is 343. The van der Waals surface area contributed by atoms with Gasteiger partial charge in [0.2, 0.25) is 0 Å². The summed E-state index contributed by atoms with van der Waals surface area (Å²) in [6.45, 7) is 1.74. The summed E-state index contributed by atoms with van der Waals surface area (Å²) < 4.78 is 0. The van der Waals surface area contributed by atoms with Crippen LogP contribution in [0, 0.1) is 10.1 Å². The van der Waals surface area contributed by atoms with Gasteiger partial charge >= 0.3 is 0 Å². The fourth-order valence-corrected chi connectivity index (χ4v) is 0.899. The van der Waals surface area contributed by atoms with Gasteiger partial charge in [-0.1, -0.05) is 0 Å². The minimum Gasteiger partial charge on any atom is -0.323 e. The molecule has 0 fully saturated rings. The van der Waals surface area contributed by atoms with Crippen molar-refractivity contribution in [3.8, 4) is 0 Å². The van der Waals surface area contributed by atoms with Crippen molar-refractivity contribution in [2.75, 3.05) is 0 Å². The number of non-ortho nitro benzene ring substituents is 1. The van der Waals surface area contributed by atoms with Gasteiger partial charge in [0, 0.05) is 12.1 Å². The van der Waals surface area contributed by atoms with E-state index in [1.54, 1.807) is 19.1 Å². The van der Waals surface area contributed by atoms with Crippen molar-refractivity contribution in [2.24, 2.45) is 10.9 Å². The topological polar surface area (TPSA) is 81.5 Å². The van der Waals surface area contributed by atoms with Gasteiger partial charge in [0.1, 0.15) is 0 Å². The Balaban J connectivity index is 3.00. The van der Waals surface area contributed by atoms with Gasteiger partial charge in [-0.3, -0.25) is 10.1 Å². The Morgan fingerprint density at radius 3 is 2.38 bits per heavy atom. The fraction of sp³-hybridized carbons (Fsp3) is 0.125. The van der Waals surface area contributed by atoms with Crippen LogP contribution in [0.4, 0.5) is 5.69 Å². The number of nitro benzene ring substituents is 1. The molecule has 0 aliphatic carbocycles. The van der Waals surface area contributed by atoms with Crippen molar-refractivity contribution < 1.29 is 4.92 Å². The number of nitrogens with zero attached hydrogens (tertiary/aromatic N) is 2. The van der Waals surface area contributed by atoms with Gasteiger partial charge in [0.25, 0.3) is 5.69 Å². The third-order valence-corrected chi connectivity index (χ3v) is 1.69. The Morgan fingerprint density at radius 2 is 2.00 bits per heavy atom. The van der Waals surface area contributed by atoms with E-state index in [2.05, 4.69) is 5.10 Å². The predicted octanol–water partition coefficient (Wildman–Crippen LogP) is 1.28. The smallest absolute Gasteiger partial charge is 0.269 e. The maximum atomic E-state index is 10.3. The molecule has 0 radical (unpaired) electrons. The molecule has 0 bridgehead atoms. The maximum Gasteiger partial charge on any atom is 0.269 e. The molecule has 0 aliphatic heterocycles. The summed E-state index contributed by atoms with van der Waals surface area (Å²) >= 11 is 0. The van der Waals surface area contributed by atoms with E-state index in [-0.39, 0.29) is 5.69 Å². The third kappa shape index (κ3) is 2.02. The zero-order chi connectivity index (χ0) is 9.84. The van der Waals surface area contributed by atoms with Crippen LogP contribution >= 0.6 is 0 Å². The zero-order valence-corrected chi connectivity index (χ0v) is 7.10. The molecule has 1 aromatic carbocycles. The second-order valence-electron chi connectivity index (χ2n) is 2.52. The Kier molecular flexibility index (Phi) is 2.59. The largest absolute Gasteiger partial charge is 0.323 e. The number of rotatable bonds is 2. The van der Waals surface area contributed by atoms with Gasteiger partial charge in [-0.15, -0.1) is 0 Å². The molecule has 1 aromatic rings. The first-order chi connectivity index (χ1) is 6.15. The molecule has 68 valence electrons. The standard InChI is InChI=1S/C8H9N3O2/c1-6(10-9)7-2-4-8(5-3-7)11(12)13/h2-5H,9H2,1H3/b10-6+. The second-order valence-corrected chi connectivity index (χ2v) is 2.52. The monoisotopic (exact) mass is 179 g/mol. The highest BCUT2D eigenvalue weighted by Crippen LogP contribution is 2.12. The second kappa shape index (κ2) is 3.66. The Morgan fingerprint density at radius 1 is 1.46 bits per heavy atom. The number of nitrogens with two attached hydrogens (primary N) is 1. The van der Waals surface area contributed by atoms with Crippen molar-refractivity contribution in [3.05, 3.63) is 39.9 Å². The molecule has 0 heterocycles. The normalized spacial score (nSPS) is 11.3. The van der Waals surface area contributed by atoms with Crippen LogP contribution in [-0.4, -0.2) is 10.6 Å². The lowest BCUT2D eigenvalue weighted by atomic mass is 10.1. The van der Waals surface area contributed by atoms with Crippen molar-refractivity contribution >= 4 is 11.4 Å². The van der Waals surface area contributed by atoms with Gasteiger partial charge in [0.15, 0.2) is 0 Å². The highest BCUT2D eigenvalue weighted by Gasteiger charge is 2.04. The molecule has 0 aromatic heterocycles. The predicted molar refractivity (Wildman–Crippen MR) is 49.5 cm³/mol. The van der Waals surface area contributed by atoms with Crippen LogP contribution in [0.3, 0.4) is 0 Å². The summed E-state index contributed by atoms with van der Waals surface area (Å²) in [6, 6.07) is 6.07. The van der Waals surface area contributed by atoms with Gasteiger partial charge in [-0.25, -0.2) is 0 Å². The first kappa shape index (κ1) is 9.18. The van der Waals surface area contributed by atoms with Crippen LogP contribution in [0.2, 0.25) is 0 Å². The summed E-state index contributed by atoms with van der Waals surface area (Å²) in [5.74, 6) is 5.06. The third-order valence-electron chi connectivity index (χ3n) is 1.69. The highest BCUT2D eigenvalue weighted by atomic mass is 16.6. The number of hydrazone groups is 1. The van der Waals surface area contributed by atoms with E-state index in [1.807, 2.05) is 0 Å². The molecule has 0 spiro atoms. The van der Waals surface area contributed by atoms with Gasteiger partial charge in [-0.05, 0) is 24.6 Å². The van der Waals surface area contributed by atoms with E-state index >= 15 is 0 Å². The number of hydrogen-bond donors (Lipinski definition) is 1. The lowest BCUT2D eigenvalue weighted by Gasteiger charge is -1.97. The van der Waals surface area contributed by atoms with Gasteiger partial charge in [0.05, 0.1) is 10.6 Å². The first-order valence-corrected chi connectivity index (χ1v) is 3.64. The molecular weight excluding hydrogens is 170 g/mol. The van der Waals surface area contributed by atoms with Crippen LogP contribution in [0.25, 0.3) is 0 Å². The minimum absolute atomic E-state index is 0.0635. The van der Waals surface area contributed by atoms with Crippen LogP contribution < -0.4 is 5.84 Å². The lowest BCUT2D eigenvalue weighted by Crippen LogP contribution is -1.98. The maximum absolute atomic E-state index is 10.3. The van der Waals surface area contributed by atoms with Crippen molar-refractivity contribution in [1.29, 1.82) is 0 Å². The van der Waals surface area contributed by atoms with Crippen molar-refractivity contribution in [2.45, 2.75) is 6.92 Å². The molecule has 0 saturated heterocycles. The summed E-state index contributed by atoms with van der Waals surface area (Å²) in [5, 5.41) is 13.8. The minimum atomic E-state index is -0.446. The van der Waals surface area contributed by atoms with E-state index in [0.717, 1.165) is 5.56 Å². The van der Waals surface area contributed by atoms with Crippen molar-refractivity contribution in [1.82, 2.24) is 0 Å². The summed E-state index contributed by atoms with van der Waals surface area (Å²) in [5.41, 5.74) is 1.50. The molecule has 2 N–H and O–H groups in total. The molecule has 5 nitrogen and oxygen atoms in total. The quantitative estimate of drug-likeness (QED) is 0.321. The number of hydrogen-bond acceptors (Lipinski definition) is 4. The van der Waals surface area contributed by atoms with E-state index in [1.165, 1.54) is 12.1 Å². The SMILES string of the molecule is C/C(=N\N)c1ccc([N+](=O)[O-])cc1. The highest BCUT2D eigenvalue weighted by molar-refractivity contribution is 5.98. The Labute approximate surface area is 75.0 Å². The molecular formula is C8H9N3O2. The molecule has 13 heavy (non-hydrogen) atoms. The van der Waals surface area contributed by atoms with Crippen LogP contribution in [0.15, 0.2) is 29.4 Å². The average Bonchev–Trinajstić information content (AvgIpc) is 2.17. The van der Waals surface area contributed by atoms with Crippen LogP contribution in [-0.2, 0) is 0 Å². The molecule has 5 heteroatoms. The summed E-state index contributed by atoms with van der Waals surface area (Å²) in [4.78, 5) is 9.86. The molecule has 0 aliphatic rings. The van der Waals surface area contributed by atoms with Gasteiger partial charge in [-0.2, -0.15) is 5.10 Å². The van der Waals surface area contributed by atoms with Gasteiger partial charge < -0.3 is 5.84 Å². The molecule has 1 rings (SSSR count). The summed E-state index contributed by atoms with van der Waals surface area (Å²) in [6.07, 6.45) is 0. The Hall–Kier alpha value is -1.91. The lowest BCUT2D eigenvalue weighted by molar-refractivity contribution is -0.384. The fourth-order valence-electron chi connectivity index (χ4n) is 0.899. The first-order valence-electron chi connectivity index (χ1n) is 3.64. The van der Waals surface area contributed by atoms with E-state index in [0.29, 0.717) is 5.71 Å². The average molecular weight is 179 g/mol. The van der Waals surface area contributed by atoms with Crippen LogP contribution in [0.1, 0.15) is 12.5 Å². The zero-order valence-electron chi connectivity index (χ0n) is 7.10. The number of benzene rings is 1. The molecule has 0 unspecified atom stereocenters. The van der Waals surface area contributed by atoms with E-state index in [9.17, 15) is 10.1 Å². The molecule has 0 atom stereocenters.